The zero-order valence-electron chi connectivity index (χ0n) is 24.2. The molecular weight excluding hydrogens is 550 g/mol. The number of alkyl carbamates (subject to hydrolysis) is 1. The molecule has 3 amide bonds. The Kier molecular flexibility index (Phi) is 10.1. The van der Waals surface area contributed by atoms with Gasteiger partial charge in [0.1, 0.15) is 19.3 Å². The van der Waals surface area contributed by atoms with Crippen LogP contribution in [0.3, 0.4) is 0 Å². The third kappa shape index (κ3) is 7.62. The highest BCUT2D eigenvalue weighted by Gasteiger charge is 2.37. The van der Waals surface area contributed by atoms with Gasteiger partial charge in [-0.25, -0.2) is 9.59 Å². The van der Waals surface area contributed by atoms with Crippen LogP contribution in [-0.2, 0) is 43.4 Å². The van der Waals surface area contributed by atoms with E-state index < -0.39 is 24.0 Å². The van der Waals surface area contributed by atoms with Crippen LogP contribution in [0.1, 0.15) is 48.8 Å². The monoisotopic (exact) mass is 589 g/mol. The smallest absolute Gasteiger partial charge is 0.408 e. The molecule has 10 nitrogen and oxygen atoms in total. The molecule has 1 fully saturated rings. The van der Waals surface area contributed by atoms with Gasteiger partial charge in [0, 0.05) is 19.5 Å². The van der Waals surface area contributed by atoms with Gasteiger partial charge in [0.2, 0.25) is 11.8 Å². The molecule has 0 unspecified atom stereocenters. The number of nitrogens with zero attached hydrogens (tertiary/aromatic N) is 2. The highest BCUT2D eigenvalue weighted by atomic mass is 16.6. The Labute approximate surface area is 251 Å². The van der Waals surface area contributed by atoms with Crippen LogP contribution >= 0.6 is 0 Å². The van der Waals surface area contributed by atoms with Gasteiger partial charge in [0.05, 0.1) is 24.6 Å². The fourth-order valence-electron chi connectivity index (χ4n) is 6.07. The van der Waals surface area contributed by atoms with Crippen molar-refractivity contribution in [3.63, 3.8) is 0 Å². The summed E-state index contributed by atoms with van der Waals surface area (Å²) in [5.41, 5.74) is 2.99. The number of hydrogen-bond donors (Lipinski definition) is 2. The summed E-state index contributed by atoms with van der Waals surface area (Å²) >= 11 is 0. The molecule has 2 aromatic rings. The van der Waals surface area contributed by atoms with Crippen LogP contribution in [0, 0.1) is 5.92 Å². The van der Waals surface area contributed by atoms with Crippen molar-refractivity contribution in [2.24, 2.45) is 5.92 Å². The van der Waals surface area contributed by atoms with Crippen molar-refractivity contribution in [3.8, 4) is 0 Å². The maximum Gasteiger partial charge on any atom is 0.408 e. The number of benzene rings is 2. The third-order valence-electron chi connectivity index (χ3n) is 8.48. The topological polar surface area (TPSA) is 125 Å². The molecule has 3 heterocycles. The molecule has 0 aromatic heterocycles. The van der Waals surface area contributed by atoms with E-state index in [0.717, 1.165) is 23.1 Å². The Balaban J connectivity index is 1.27. The largest absolute Gasteiger partial charge is 0.462 e. The summed E-state index contributed by atoms with van der Waals surface area (Å²) in [6, 6.07) is 15.6. The van der Waals surface area contributed by atoms with Gasteiger partial charge in [-0.05, 0) is 48.8 Å². The molecule has 1 saturated heterocycles. The quantitative estimate of drug-likeness (QED) is 0.392. The van der Waals surface area contributed by atoms with Crippen molar-refractivity contribution in [1.29, 1.82) is 0 Å². The molecule has 10 heteroatoms. The van der Waals surface area contributed by atoms with Crippen molar-refractivity contribution < 1.29 is 33.8 Å². The predicted molar refractivity (Wildman–Crippen MR) is 157 cm³/mol. The molecule has 4 atom stereocenters. The van der Waals surface area contributed by atoms with E-state index in [2.05, 4.69) is 5.32 Å². The highest BCUT2D eigenvalue weighted by molar-refractivity contribution is 5.87. The Morgan fingerprint density at radius 2 is 1.74 bits per heavy atom. The van der Waals surface area contributed by atoms with Gasteiger partial charge in [-0.3, -0.25) is 9.59 Å². The number of aliphatic hydroxyl groups is 1. The Morgan fingerprint density at radius 1 is 1.00 bits per heavy atom. The summed E-state index contributed by atoms with van der Waals surface area (Å²) in [5, 5.41) is 12.7. The van der Waals surface area contributed by atoms with Gasteiger partial charge in [0.15, 0.2) is 0 Å². The lowest BCUT2D eigenvalue weighted by molar-refractivity contribution is -0.151. The number of ether oxygens (including phenoxy) is 2. The number of hydrogen-bond acceptors (Lipinski definition) is 7. The summed E-state index contributed by atoms with van der Waals surface area (Å²) < 4.78 is 10.9. The first-order valence-electron chi connectivity index (χ1n) is 15.0. The van der Waals surface area contributed by atoms with Gasteiger partial charge in [-0.1, -0.05) is 66.7 Å². The first kappa shape index (κ1) is 30.3. The Morgan fingerprint density at radius 3 is 2.53 bits per heavy atom. The number of fused-ring (bicyclic) bond motifs is 2. The minimum Gasteiger partial charge on any atom is -0.462 e. The van der Waals surface area contributed by atoms with E-state index in [1.54, 1.807) is 22.0 Å². The van der Waals surface area contributed by atoms with Crippen LogP contribution in [0.4, 0.5) is 4.79 Å². The maximum absolute atomic E-state index is 13.7. The highest BCUT2D eigenvalue weighted by Crippen LogP contribution is 2.28. The summed E-state index contributed by atoms with van der Waals surface area (Å²) in [5.74, 6) is -1.49. The standard InChI is InChI=1S/C33H39N3O7/c37-20-28-17-24-11-4-5-13-26(24)19-36(28)30(38)18-25-12-6-7-15-29(34-33(41)43-21-23-9-2-1-3-10-23)32(40)42-22-27-14-8-16-35(27)31(25)39/h1-7,9-11,13,25,27-29,37H,8,12,14-22H2,(H,34,41)/t25-,27+,28+,29-/m1/s1. The van der Waals surface area contributed by atoms with E-state index in [1.165, 1.54) is 0 Å². The number of rotatable bonds is 6. The van der Waals surface area contributed by atoms with E-state index in [9.17, 15) is 24.3 Å². The molecule has 0 saturated carbocycles. The van der Waals surface area contributed by atoms with E-state index in [1.807, 2.05) is 54.6 Å². The maximum atomic E-state index is 13.7. The van der Waals surface area contributed by atoms with E-state index in [4.69, 9.17) is 9.47 Å². The first-order valence-corrected chi connectivity index (χ1v) is 15.0. The minimum atomic E-state index is -0.955. The summed E-state index contributed by atoms with van der Waals surface area (Å²) in [4.78, 5) is 56.2. The van der Waals surface area contributed by atoms with Crippen LogP contribution in [-0.4, -0.2) is 76.7 Å². The van der Waals surface area contributed by atoms with Crippen molar-refractivity contribution in [3.05, 3.63) is 83.4 Å². The second-order valence-electron chi connectivity index (χ2n) is 11.4. The third-order valence-corrected chi connectivity index (χ3v) is 8.48. The lowest BCUT2D eigenvalue weighted by Crippen LogP contribution is -2.48. The zero-order chi connectivity index (χ0) is 30.2. The van der Waals surface area contributed by atoms with Crippen LogP contribution in [0.5, 0.6) is 0 Å². The molecule has 0 aliphatic carbocycles. The summed E-state index contributed by atoms with van der Waals surface area (Å²) in [6.45, 7) is 0.854. The predicted octanol–water partition coefficient (Wildman–Crippen LogP) is 3.12. The number of carbonyl (C=O) groups excluding carboxylic acids is 4. The zero-order valence-corrected chi connectivity index (χ0v) is 24.2. The SMILES string of the molecule is O=C(N[C@@H]1CC=CC[C@H](CC(=O)N2Cc3ccccc3C[C@H]2CO)C(=O)N2CCC[C@H]2COC1=O)OCc1ccccc1. The molecule has 3 aliphatic heterocycles. The molecule has 2 N–H and O–H groups in total. The number of amides is 3. The van der Waals surface area contributed by atoms with Gasteiger partial charge < -0.3 is 29.7 Å². The van der Waals surface area contributed by atoms with E-state index in [-0.39, 0.29) is 56.6 Å². The summed E-state index contributed by atoms with van der Waals surface area (Å²) in [7, 11) is 0. The number of aliphatic hydroxyl groups excluding tert-OH is 1. The van der Waals surface area contributed by atoms with E-state index in [0.29, 0.717) is 32.4 Å². The molecule has 43 heavy (non-hydrogen) atoms. The van der Waals surface area contributed by atoms with Crippen molar-refractivity contribution in [2.45, 2.75) is 69.8 Å². The average molecular weight is 590 g/mol. The number of carbonyl (C=O) groups is 4. The Bertz CT molecular complexity index is 1330. The fourth-order valence-corrected chi connectivity index (χ4v) is 6.07. The van der Waals surface area contributed by atoms with Crippen LogP contribution in [0.15, 0.2) is 66.7 Å². The lowest BCUT2D eigenvalue weighted by Gasteiger charge is -2.37. The second-order valence-corrected chi connectivity index (χ2v) is 11.4. The second kappa shape index (κ2) is 14.3. The van der Waals surface area contributed by atoms with Crippen molar-refractivity contribution in [1.82, 2.24) is 15.1 Å². The van der Waals surface area contributed by atoms with E-state index >= 15 is 0 Å². The Hall–Kier alpha value is -4.18. The molecule has 5 rings (SSSR count). The molecule has 3 aliphatic rings. The normalized spacial score (nSPS) is 24.2. The van der Waals surface area contributed by atoms with Gasteiger partial charge in [0.25, 0.3) is 0 Å². The number of nitrogens with one attached hydrogen (secondary N) is 1. The lowest BCUT2D eigenvalue weighted by atomic mass is 9.92. The average Bonchev–Trinajstić information content (AvgIpc) is 3.51. The molecule has 0 spiro atoms. The molecule has 228 valence electrons. The molecule has 2 aromatic carbocycles. The van der Waals surface area contributed by atoms with Gasteiger partial charge in [-0.15, -0.1) is 0 Å². The first-order chi connectivity index (χ1) is 20.9. The molecule has 0 radical (unpaired) electrons. The fraction of sp³-hybridized carbons (Fsp3) is 0.455. The molecule has 0 bridgehead atoms. The van der Waals surface area contributed by atoms with Gasteiger partial charge >= 0.3 is 12.1 Å². The van der Waals surface area contributed by atoms with Gasteiger partial charge in [-0.2, -0.15) is 0 Å². The number of allylic oxidation sites excluding steroid dienone is 1. The van der Waals surface area contributed by atoms with Crippen LogP contribution < -0.4 is 5.32 Å². The van der Waals surface area contributed by atoms with Crippen molar-refractivity contribution in [2.75, 3.05) is 19.8 Å². The molecular formula is C33H39N3O7. The van der Waals surface area contributed by atoms with Crippen LogP contribution in [0.2, 0.25) is 0 Å². The summed E-state index contributed by atoms with van der Waals surface area (Å²) in [6.07, 6.45) is 5.28. The number of esters is 1. The van der Waals surface area contributed by atoms with Crippen molar-refractivity contribution >= 4 is 23.9 Å². The number of cyclic esters (lactones) is 1. The minimum absolute atomic E-state index is 0.0122. The van der Waals surface area contributed by atoms with Crippen LogP contribution in [0.25, 0.3) is 0 Å².